The first-order valence-corrected chi connectivity index (χ1v) is 5.44. The molecule has 0 radical (unpaired) electrons. The highest BCUT2D eigenvalue weighted by Crippen LogP contribution is 2.41. The van der Waals surface area contributed by atoms with Crippen molar-refractivity contribution in [1.29, 1.82) is 0 Å². The van der Waals surface area contributed by atoms with E-state index in [1.165, 1.54) is 0 Å². The van der Waals surface area contributed by atoms with E-state index < -0.39 is 6.16 Å². The van der Waals surface area contributed by atoms with Crippen molar-refractivity contribution in [2.24, 2.45) is 11.8 Å². The standard InChI is InChI=1S/C10H16O5/c1-6-3-12-10(13-4-6)14-9(15-10)8-5-11-7(8)2/h6-9H,3-5H2,1-2H3. The summed E-state index contributed by atoms with van der Waals surface area (Å²) in [5, 5.41) is 0. The SMILES string of the molecule is CC1COC2(OC1)OC(C1COC1C)O2. The molecule has 0 N–H and O–H groups in total. The largest absolute Gasteiger partial charge is 0.417 e. The second-order valence-corrected chi connectivity index (χ2v) is 4.53. The third-order valence-electron chi connectivity index (χ3n) is 3.11. The van der Waals surface area contributed by atoms with E-state index in [1.54, 1.807) is 0 Å². The van der Waals surface area contributed by atoms with Crippen LogP contribution in [0.2, 0.25) is 0 Å². The topological polar surface area (TPSA) is 46.2 Å². The lowest BCUT2D eigenvalue weighted by molar-refractivity contribution is -0.648. The highest BCUT2D eigenvalue weighted by Gasteiger charge is 2.58. The van der Waals surface area contributed by atoms with Crippen molar-refractivity contribution in [2.45, 2.75) is 32.4 Å². The van der Waals surface area contributed by atoms with Crippen molar-refractivity contribution in [2.75, 3.05) is 19.8 Å². The fourth-order valence-electron chi connectivity index (χ4n) is 1.88. The third kappa shape index (κ3) is 1.59. The van der Waals surface area contributed by atoms with Gasteiger partial charge in [-0.05, 0) is 6.92 Å². The van der Waals surface area contributed by atoms with E-state index in [0.29, 0.717) is 31.7 Å². The first kappa shape index (κ1) is 9.99. The van der Waals surface area contributed by atoms with Gasteiger partial charge in [0.2, 0.25) is 0 Å². The molecule has 0 saturated carbocycles. The van der Waals surface area contributed by atoms with Crippen LogP contribution in [0.1, 0.15) is 13.8 Å². The van der Waals surface area contributed by atoms with Gasteiger partial charge in [0.25, 0.3) is 0 Å². The molecule has 2 unspecified atom stereocenters. The molecule has 5 nitrogen and oxygen atoms in total. The van der Waals surface area contributed by atoms with Crippen molar-refractivity contribution in [3.05, 3.63) is 0 Å². The lowest BCUT2D eigenvalue weighted by atomic mass is 9.98. The van der Waals surface area contributed by atoms with E-state index in [1.807, 2.05) is 6.92 Å². The van der Waals surface area contributed by atoms with Gasteiger partial charge >= 0.3 is 6.16 Å². The Balaban J connectivity index is 1.52. The highest BCUT2D eigenvalue weighted by atomic mass is 17.1. The van der Waals surface area contributed by atoms with E-state index >= 15 is 0 Å². The number of hydrogen-bond acceptors (Lipinski definition) is 5. The molecule has 86 valence electrons. The van der Waals surface area contributed by atoms with Gasteiger partial charge in [-0.1, -0.05) is 6.92 Å². The van der Waals surface area contributed by atoms with Gasteiger partial charge in [-0.2, -0.15) is 0 Å². The average Bonchev–Trinajstić information content (AvgIpc) is 2.17. The van der Waals surface area contributed by atoms with E-state index in [9.17, 15) is 0 Å². The maximum Gasteiger partial charge on any atom is 0.417 e. The zero-order valence-corrected chi connectivity index (χ0v) is 8.97. The molecule has 0 aliphatic carbocycles. The Hall–Kier alpha value is -0.200. The molecule has 3 heterocycles. The first-order valence-electron chi connectivity index (χ1n) is 5.44. The molecule has 15 heavy (non-hydrogen) atoms. The van der Waals surface area contributed by atoms with Crippen LogP contribution in [0, 0.1) is 11.8 Å². The van der Waals surface area contributed by atoms with Crippen molar-refractivity contribution >= 4 is 0 Å². The Morgan fingerprint density at radius 3 is 2.13 bits per heavy atom. The Morgan fingerprint density at radius 2 is 1.67 bits per heavy atom. The summed E-state index contributed by atoms with van der Waals surface area (Å²) in [4.78, 5) is 0. The summed E-state index contributed by atoms with van der Waals surface area (Å²) < 4.78 is 27.1. The molecule has 5 heteroatoms. The van der Waals surface area contributed by atoms with Gasteiger partial charge in [0, 0.05) is 5.92 Å². The van der Waals surface area contributed by atoms with Crippen LogP contribution < -0.4 is 0 Å². The zero-order valence-electron chi connectivity index (χ0n) is 8.97. The normalized spacial score (nSPS) is 54.8. The smallest absolute Gasteiger partial charge is 0.377 e. The number of hydrogen-bond donors (Lipinski definition) is 0. The predicted molar refractivity (Wildman–Crippen MR) is 48.7 cm³/mol. The van der Waals surface area contributed by atoms with Gasteiger partial charge in [-0.3, -0.25) is 9.47 Å². The van der Waals surface area contributed by atoms with Crippen LogP contribution in [0.3, 0.4) is 0 Å². The molecular formula is C10H16O5. The van der Waals surface area contributed by atoms with Crippen molar-refractivity contribution < 1.29 is 23.7 Å². The van der Waals surface area contributed by atoms with Crippen LogP contribution in [-0.2, 0) is 23.7 Å². The van der Waals surface area contributed by atoms with Crippen LogP contribution >= 0.6 is 0 Å². The minimum Gasteiger partial charge on any atom is -0.377 e. The van der Waals surface area contributed by atoms with E-state index in [0.717, 1.165) is 0 Å². The molecule has 3 rings (SSSR count). The summed E-state index contributed by atoms with van der Waals surface area (Å²) in [7, 11) is 0. The highest BCUT2D eigenvalue weighted by molar-refractivity contribution is 4.82. The molecule has 3 saturated heterocycles. The molecule has 0 bridgehead atoms. The quantitative estimate of drug-likeness (QED) is 0.645. The lowest BCUT2D eigenvalue weighted by Crippen LogP contribution is -2.65. The Bertz CT molecular complexity index is 240. The van der Waals surface area contributed by atoms with E-state index in [4.69, 9.17) is 23.7 Å². The van der Waals surface area contributed by atoms with Crippen LogP contribution in [0.15, 0.2) is 0 Å². The molecule has 1 spiro atoms. The summed E-state index contributed by atoms with van der Waals surface area (Å²) in [5.41, 5.74) is 0. The Labute approximate surface area is 88.6 Å². The molecule has 3 fully saturated rings. The minimum absolute atomic E-state index is 0.204. The fourth-order valence-corrected chi connectivity index (χ4v) is 1.88. The average molecular weight is 216 g/mol. The fraction of sp³-hybridized carbons (Fsp3) is 1.00. The summed E-state index contributed by atoms with van der Waals surface area (Å²) in [6.45, 7) is 5.99. The molecule has 0 aromatic heterocycles. The molecule has 3 aliphatic rings. The number of ether oxygens (including phenoxy) is 5. The van der Waals surface area contributed by atoms with Gasteiger partial charge in [-0.25, -0.2) is 0 Å². The third-order valence-corrected chi connectivity index (χ3v) is 3.11. The maximum absolute atomic E-state index is 5.54. The summed E-state index contributed by atoms with van der Waals surface area (Å²) in [5.74, 6) is 0.704. The minimum atomic E-state index is -1.20. The van der Waals surface area contributed by atoms with Crippen LogP contribution in [0.25, 0.3) is 0 Å². The zero-order chi connectivity index (χ0) is 10.5. The lowest BCUT2D eigenvalue weighted by Gasteiger charge is -2.52. The molecular weight excluding hydrogens is 200 g/mol. The molecule has 0 amide bonds. The summed E-state index contributed by atoms with van der Waals surface area (Å²) >= 11 is 0. The molecule has 3 aliphatic heterocycles. The van der Waals surface area contributed by atoms with Crippen LogP contribution in [-0.4, -0.2) is 38.4 Å². The molecule has 2 atom stereocenters. The Kier molecular flexibility index (Phi) is 2.26. The number of rotatable bonds is 1. The van der Waals surface area contributed by atoms with Crippen molar-refractivity contribution in [1.82, 2.24) is 0 Å². The molecule has 0 aromatic carbocycles. The van der Waals surface area contributed by atoms with Crippen LogP contribution in [0.4, 0.5) is 0 Å². The van der Waals surface area contributed by atoms with Gasteiger partial charge in [-0.15, -0.1) is 0 Å². The van der Waals surface area contributed by atoms with Gasteiger partial charge in [0.05, 0.1) is 31.8 Å². The second-order valence-electron chi connectivity index (χ2n) is 4.53. The second kappa shape index (κ2) is 3.40. The maximum atomic E-state index is 5.54. The molecule has 0 aromatic rings. The summed E-state index contributed by atoms with van der Waals surface area (Å²) in [6, 6.07) is 0. The first-order chi connectivity index (χ1) is 7.19. The summed E-state index contributed by atoms with van der Waals surface area (Å²) in [6.07, 6.45) is -1.23. The van der Waals surface area contributed by atoms with Crippen LogP contribution in [0.5, 0.6) is 0 Å². The van der Waals surface area contributed by atoms with E-state index in [-0.39, 0.29) is 12.4 Å². The van der Waals surface area contributed by atoms with Crippen molar-refractivity contribution in [3.63, 3.8) is 0 Å². The Morgan fingerprint density at radius 1 is 1.00 bits per heavy atom. The van der Waals surface area contributed by atoms with Gasteiger partial charge in [0.15, 0.2) is 6.29 Å². The van der Waals surface area contributed by atoms with Crippen molar-refractivity contribution in [3.8, 4) is 0 Å². The van der Waals surface area contributed by atoms with Gasteiger partial charge < -0.3 is 14.2 Å². The monoisotopic (exact) mass is 216 g/mol. The predicted octanol–water partition coefficient (Wildman–Crippen LogP) is 0.688. The van der Waals surface area contributed by atoms with Gasteiger partial charge in [0.1, 0.15) is 0 Å². The van der Waals surface area contributed by atoms with E-state index in [2.05, 4.69) is 6.92 Å².